The number of benzene rings is 1. The number of hydrogen-bond acceptors (Lipinski definition) is 4. The van der Waals surface area contributed by atoms with Crippen molar-refractivity contribution in [2.45, 2.75) is 38.1 Å². The highest BCUT2D eigenvalue weighted by Crippen LogP contribution is 2.34. The summed E-state index contributed by atoms with van der Waals surface area (Å²) in [6.07, 6.45) is 1.23. The van der Waals surface area contributed by atoms with Gasteiger partial charge >= 0.3 is 0 Å². The highest BCUT2D eigenvalue weighted by Gasteiger charge is 2.36. The first kappa shape index (κ1) is 16.1. The Morgan fingerprint density at radius 1 is 1.38 bits per heavy atom. The number of para-hydroxylation sites is 2. The Labute approximate surface area is 130 Å². The molecule has 5 nitrogen and oxygen atoms in total. The summed E-state index contributed by atoms with van der Waals surface area (Å²) < 4.78 is 11.5. The van der Waals surface area contributed by atoms with Crippen LogP contribution < -0.4 is 15.4 Å². The Morgan fingerprint density at radius 2 is 2.14 bits per heavy atom. The van der Waals surface area contributed by atoms with Crippen molar-refractivity contribution in [2.75, 3.05) is 18.0 Å². The average molecular weight is 313 g/mol. The molecule has 3 atom stereocenters. The summed E-state index contributed by atoms with van der Waals surface area (Å²) in [4.78, 5) is 14.5. The van der Waals surface area contributed by atoms with Gasteiger partial charge in [-0.05, 0) is 31.9 Å². The molecule has 2 aliphatic heterocycles. The SMILES string of the molecule is CC1CN(C(=O)[C@@H]2CC[C@H](CN)O2)c2ccccc2O1.Cl. The van der Waals surface area contributed by atoms with Crippen LogP contribution in [-0.4, -0.2) is 37.3 Å². The molecule has 21 heavy (non-hydrogen) atoms. The molecule has 0 saturated carbocycles. The molecule has 2 heterocycles. The van der Waals surface area contributed by atoms with Gasteiger partial charge in [-0.3, -0.25) is 4.79 Å². The fourth-order valence-electron chi connectivity index (χ4n) is 2.83. The van der Waals surface area contributed by atoms with Crippen LogP contribution in [0.4, 0.5) is 5.69 Å². The highest BCUT2D eigenvalue weighted by molar-refractivity contribution is 5.98. The number of hydrogen-bond donors (Lipinski definition) is 1. The Kier molecular flexibility index (Phi) is 5.08. The van der Waals surface area contributed by atoms with E-state index in [1.54, 1.807) is 4.90 Å². The molecule has 0 radical (unpaired) electrons. The van der Waals surface area contributed by atoms with Gasteiger partial charge < -0.3 is 20.1 Å². The third-order valence-electron chi connectivity index (χ3n) is 3.84. The van der Waals surface area contributed by atoms with Crippen molar-refractivity contribution in [3.05, 3.63) is 24.3 Å². The minimum absolute atomic E-state index is 0. The molecule has 1 aromatic rings. The number of anilines is 1. The van der Waals surface area contributed by atoms with E-state index >= 15 is 0 Å². The second-order valence-corrected chi connectivity index (χ2v) is 5.40. The molecule has 0 spiro atoms. The maximum atomic E-state index is 12.7. The number of carbonyl (C=O) groups is 1. The van der Waals surface area contributed by atoms with E-state index in [0.717, 1.165) is 24.3 Å². The van der Waals surface area contributed by atoms with Gasteiger partial charge in [0, 0.05) is 6.54 Å². The highest BCUT2D eigenvalue weighted by atomic mass is 35.5. The molecule has 1 fully saturated rings. The van der Waals surface area contributed by atoms with Gasteiger partial charge in [0.1, 0.15) is 18.0 Å². The van der Waals surface area contributed by atoms with Crippen molar-refractivity contribution in [2.24, 2.45) is 5.73 Å². The lowest BCUT2D eigenvalue weighted by Gasteiger charge is -2.34. The first-order valence-corrected chi connectivity index (χ1v) is 7.11. The van der Waals surface area contributed by atoms with Crippen LogP contribution >= 0.6 is 12.4 Å². The summed E-state index contributed by atoms with van der Waals surface area (Å²) in [7, 11) is 0. The van der Waals surface area contributed by atoms with E-state index in [0.29, 0.717) is 13.1 Å². The van der Waals surface area contributed by atoms with E-state index in [-0.39, 0.29) is 36.6 Å². The van der Waals surface area contributed by atoms with Crippen LogP contribution in [0.5, 0.6) is 5.75 Å². The molecular formula is C15H21ClN2O3. The molecule has 6 heteroatoms. The van der Waals surface area contributed by atoms with Gasteiger partial charge in [0.25, 0.3) is 5.91 Å². The predicted molar refractivity (Wildman–Crippen MR) is 83.1 cm³/mol. The average Bonchev–Trinajstić information content (AvgIpc) is 2.94. The largest absolute Gasteiger partial charge is 0.487 e. The lowest BCUT2D eigenvalue weighted by atomic mass is 10.1. The molecule has 0 bridgehead atoms. The van der Waals surface area contributed by atoms with Crippen molar-refractivity contribution in [3.63, 3.8) is 0 Å². The van der Waals surface area contributed by atoms with E-state index in [2.05, 4.69) is 0 Å². The molecular weight excluding hydrogens is 292 g/mol. The molecule has 3 rings (SSSR count). The molecule has 1 saturated heterocycles. The third kappa shape index (κ3) is 3.15. The maximum Gasteiger partial charge on any atom is 0.256 e. The summed E-state index contributed by atoms with van der Waals surface area (Å²) in [5, 5.41) is 0. The van der Waals surface area contributed by atoms with Crippen molar-refractivity contribution in [1.82, 2.24) is 0 Å². The summed E-state index contributed by atoms with van der Waals surface area (Å²) in [5.41, 5.74) is 6.43. The van der Waals surface area contributed by atoms with Crippen molar-refractivity contribution in [3.8, 4) is 5.75 Å². The van der Waals surface area contributed by atoms with Crippen LogP contribution in [0.15, 0.2) is 24.3 Å². The molecule has 116 valence electrons. The number of halogens is 1. The number of carbonyl (C=O) groups excluding carboxylic acids is 1. The number of ether oxygens (including phenoxy) is 2. The summed E-state index contributed by atoms with van der Waals surface area (Å²) in [6, 6.07) is 7.63. The first-order chi connectivity index (χ1) is 9.69. The number of rotatable bonds is 2. The Hall–Kier alpha value is -1.30. The first-order valence-electron chi connectivity index (χ1n) is 7.11. The van der Waals surface area contributed by atoms with Gasteiger partial charge in [-0.2, -0.15) is 0 Å². The van der Waals surface area contributed by atoms with Crippen molar-refractivity contribution >= 4 is 24.0 Å². The van der Waals surface area contributed by atoms with Gasteiger partial charge in [-0.15, -0.1) is 12.4 Å². The van der Waals surface area contributed by atoms with Crippen LogP contribution in [0, 0.1) is 0 Å². The van der Waals surface area contributed by atoms with Crippen molar-refractivity contribution < 1.29 is 14.3 Å². The van der Waals surface area contributed by atoms with Gasteiger partial charge in [-0.1, -0.05) is 12.1 Å². The Bertz CT molecular complexity index is 511. The van der Waals surface area contributed by atoms with Crippen LogP contribution in [-0.2, 0) is 9.53 Å². The van der Waals surface area contributed by atoms with E-state index in [1.165, 1.54) is 0 Å². The van der Waals surface area contributed by atoms with Gasteiger partial charge in [0.2, 0.25) is 0 Å². The van der Waals surface area contributed by atoms with E-state index in [1.807, 2.05) is 31.2 Å². The van der Waals surface area contributed by atoms with Crippen LogP contribution in [0.3, 0.4) is 0 Å². The Morgan fingerprint density at radius 3 is 2.86 bits per heavy atom. The molecule has 1 amide bonds. The molecule has 2 aliphatic rings. The number of nitrogens with two attached hydrogens (primary N) is 1. The van der Waals surface area contributed by atoms with Crippen LogP contribution in [0.1, 0.15) is 19.8 Å². The minimum atomic E-state index is -0.373. The topological polar surface area (TPSA) is 64.8 Å². The standard InChI is InChI=1S/C15H20N2O3.ClH/c1-10-9-17(12-4-2-3-5-13(12)19-10)15(18)14-7-6-11(8-16)20-14;/h2-5,10-11,14H,6-9,16H2,1H3;1H/t10?,11-,14+;/m1./s1. The van der Waals surface area contributed by atoms with E-state index < -0.39 is 0 Å². The van der Waals surface area contributed by atoms with Gasteiger partial charge in [0.15, 0.2) is 0 Å². The number of fused-ring (bicyclic) bond motifs is 1. The molecule has 2 N–H and O–H groups in total. The molecule has 0 aliphatic carbocycles. The summed E-state index contributed by atoms with van der Waals surface area (Å²) in [6.45, 7) is 3.00. The number of amides is 1. The quantitative estimate of drug-likeness (QED) is 0.903. The zero-order valence-corrected chi connectivity index (χ0v) is 12.8. The maximum absolute atomic E-state index is 12.7. The molecule has 1 aromatic carbocycles. The number of nitrogens with zero attached hydrogens (tertiary/aromatic N) is 1. The Balaban J connectivity index is 0.00000161. The molecule has 0 aromatic heterocycles. The van der Waals surface area contributed by atoms with Crippen molar-refractivity contribution in [1.29, 1.82) is 0 Å². The smallest absolute Gasteiger partial charge is 0.256 e. The zero-order chi connectivity index (χ0) is 14.1. The monoisotopic (exact) mass is 312 g/mol. The van der Waals surface area contributed by atoms with Crippen LogP contribution in [0.2, 0.25) is 0 Å². The summed E-state index contributed by atoms with van der Waals surface area (Å²) in [5.74, 6) is 0.775. The normalized spacial score (nSPS) is 27.5. The van der Waals surface area contributed by atoms with E-state index in [9.17, 15) is 4.79 Å². The van der Waals surface area contributed by atoms with E-state index in [4.69, 9.17) is 15.2 Å². The zero-order valence-electron chi connectivity index (χ0n) is 12.0. The minimum Gasteiger partial charge on any atom is -0.487 e. The lowest BCUT2D eigenvalue weighted by molar-refractivity contribution is -0.129. The molecule has 1 unspecified atom stereocenters. The fraction of sp³-hybridized carbons (Fsp3) is 0.533. The second-order valence-electron chi connectivity index (χ2n) is 5.40. The van der Waals surface area contributed by atoms with Gasteiger partial charge in [0.05, 0.1) is 18.3 Å². The third-order valence-corrected chi connectivity index (χ3v) is 3.84. The fourth-order valence-corrected chi connectivity index (χ4v) is 2.83. The lowest BCUT2D eigenvalue weighted by Crippen LogP contribution is -2.47. The summed E-state index contributed by atoms with van der Waals surface area (Å²) >= 11 is 0. The van der Waals surface area contributed by atoms with Gasteiger partial charge in [-0.25, -0.2) is 0 Å². The predicted octanol–water partition coefficient (Wildman–Crippen LogP) is 1.73. The second kappa shape index (κ2) is 6.64. The van der Waals surface area contributed by atoms with Crippen LogP contribution in [0.25, 0.3) is 0 Å².